The summed E-state index contributed by atoms with van der Waals surface area (Å²) >= 11 is 0. The second-order valence-corrected chi connectivity index (χ2v) is 4.92. The maximum absolute atomic E-state index is 9.43. The van der Waals surface area contributed by atoms with E-state index < -0.39 is 6.10 Å². The zero-order valence-electron chi connectivity index (χ0n) is 11.5. The van der Waals surface area contributed by atoms with E-state index >= 15 is 0 Å². The first-order valence-electron chi connectivity index (χ1n) is 6.88. The van der Waals surface area contributed by atoms with Crippen molar-refractivity contribution in [2.24, 2.45) is 0 Å². The normalized spacial score (nSPS) is 12.5. The predicted molar refractivity (Wildman–Crippen MR) is 83.2 cm³/mol. The van der Waals surface area contributed by atoms with Crippen LogP contribution in [0.4, 0.5) is 5.69 Å². The highest BCUT2D eigenvalue weighted by Gasteiger charge is 2.10. The number of hydrogen-bond donors (Lipinski definition) is 3. The molecule has 0 bridgehead atoms. The number of nitrogens with one attached hydrogen (secondary N) is 1. The van der Waals surface area contributed by atoms with Crippen LogP contribution in [0, 0.1) is 0 Å². The highest BCUT2D eigenvalue weighted by molar-refractivity contribution is 5.92. The molecule has 0 saturated heterocycles. The zero-order valence-corrected chi connectivity index (χ0v) is 11.5. The van der Waals surface area contributed by atoms with E-state index in [1.807, 2.05) is 54.6 Å². The van der Waals surface area contributed by atoms with Gasteiger partial charge in [-0.05, 0) is 12.1 Å². The molecule has 1 heterocycles. The summed E-state index contributed by atoms with van der Waals surface area (Å²) < 4.78 is 5.94. The van der Waals surface area contributed by atoms with E-state index in [1.54, 1.807) is 0 Å². The SMILES string of the molecule is OCC(O)CNc1cccc2cc(-c3ccccc3)oc12. The van der Waals surface area contributed by atoms with Gasteiger partial charge in [-0.25, -0.2) is 0 Å². The maximum atomic E-state index is 9.43. The molecule has 3 aromatic rings. The molecular weight excluding hydrogens is 266 g/mol. The highest BCUT2D eigenvalue weighted by atomic mass is 16.3. The van der Waals surface area contributed by atoms with E-state index in [9.17, 15) is 5.11 Å². The minimum absolute atomic E-state index is 0.267. The average molecular weight is 283 g/mol. The topological polar surface area (TPSA) is 65.6 Å². The Morgan fingerprint density at radius 1 is 1.05 bits per heavy atom. The van der Waals surface area contributed by atoms with Gasteiger partial charge >= 0.3 is 0 Å². The van der Waals surface area contributed by atoms with E-state index in [2.05, 4.69) is 5.32 Å². The van der Waals surface area contributed by atoms with Crippen LogP contribution in [0.2, 0.25) is 0 Å². The first-order valence-corrected chi connectivity index (χ1v) is 6.88. The number of para-hydroxylation sites is 1. The van der Waals surface area contributed by atoms with Gasteiger partial charge in [0.2, 0.25) is 0 Å². The molecule has 0 spiro atoms. The van der Waals surface area contributed by atoms with Crippen molar-refractivity contribution in [3.8, 4) is 11.3 Å². The van der Waals surface area contributed by atoms with Crippen molar-refractivity contribution in [2.75, 3.05) is 18.5 Å². The number of rotatable bonds is 5. The maximum Gasteiger partial charge on any atom is 0.157 e. The first-order chi connectivity index (χ1) is 10.3. The van der Waals surface area contributed by atoms with Crippen LogP contribution >= 0.6 is 0 Å². The fraction of sp³-hybridized carbons (Fsp3) is 0.176. The molecule has 0 amide bonds. The lowest BCUT2D eigenvalue weighted by atomic mass is 10.1. The van der Waals surface area contributed by atoms with Crippen LogP contribution in [0.15, 0.2) is 59.0 Å². The molecule has 108 valence electrons. The van der Waals surface area contributed by atoms with Crippen LogP contribution in [-0.2, 0) is 0 Å². The van der Waals surface area contributed by atoms with Crippen molar-refractivity contribution in [1.82, 2.24) is 0 Å². The van der Waals surface area contributed by atoms with Gasteiger partial charge in [-0.15, -0.1) is 0 Å². The van der Waals surface area contributed by atoms with E-state index in [0.717, 1.165) is 28.0 Å². The van der Waals surface area contributed by atoms with E-state index in [1.165, 1.54) is 0 Å². The molecule has 3 N–H and O–H groups in total. The molecular formula is C17H17NO3. The van der Waals surface area contributed by atoms with Gasteiger partial charge in [-0.2, -0.15) is 0 Å². The van der Waals surface area contributed by atoms with Gasteiger partial charge in [-0.3, -0.25) is 0 Å². The zero-order chi connectivity index (χ0) is 14.7. The quantitative estimate of drug-likeness (QED) is 0.673. The molecule has 3 rings (SSSR count). The van der Waals surface area contributed by atoms with E-state index in [4.69, 9.17) is 9.52 Å². The highest BCUT2D eigenvalue weighted by Crippen LogP contribution is 2.32. The summed E-state index contributed by atoms with van der Waals surface area (Å²) in [4.78, 5) is 0. The number of aliphatic hydroxyl groups excluding tert-OH is 2. The van der Waals surface area contributed by atoms with Gasteiger partial charge in [0.1, 0.15) is 5.76 Å². The molecule has 0 fully saturated rings. The van der Waals surface area contributed by atoms with Crippen molar-refractivity contribution in [1.29, 1.82) is 0 Å². The fourth-order valence-corrected chi connectivity index (χ4v) is 2.24. The number of fused-ring (bicyclic) bond motifs is 1. The Kier molecular flexibility index (Phi) is 3.90. The molecule has 0 saturated carbocycles. The van der Waals surface area contributed by atoms with Gasteiger partial charge < -0.3 is 19.9 Å². The molecule has 4 heteroatoms. The van der Waals surface area contributed by atoms with Gasteiger partial charge in [0, 0.05) is 17.5 Å². The number of hydrogen-bond acceptors (Lipinski definition) is 4. The predicted octanol–water partition coefficient (Wildman–Crippen LogP) is 2.86. The molecule has 4 nitrogen and oxygen atoms in total. The Hall–Kier alpha value is -2.30. The molecule has 1 aromatic heterocycles. The number of furan rings is 1. The lowest BCUT2D eigenvalue weighted by molar-refractivity contribution is 0.105. The largest absolute Gasteiger partial charge is 0.454 e. The lowest BCUT2D eigenvalue weighted by Crippen LogP contribution is -2.22. The summed E-state index contributed by atoms with van der Waals surface area (Å²) in [5.74, 6) is 0.808. The summed E-state index contributed by atoms with van der Waals surface area (Å²) in [5.41, 5.74) is 2.58. The molecule has 0 radical (unpaired) electrons. The smallest absolute Gasteiger partial charge is 0.157 e. The van der Waals surface area contributed by atoms with Crippen LogP contribution in [0.3, 0.4) is 0 Å². The molecule has 1 unspecified atom stereocenters. The van der Waals surface area contributed by atoms with Crippen molar-refractivity contribution < 1.29 is 14.6 Å². The fourth-order valence-electron chi connectivity index (χ4n) is 2.24. The van der Waals surface area contributed by atoms with Gasteiger partial charge in [0.15, 0.2) is 5.58 Å². The van der Waals surface area contributed by atoms with Crippen molar-refractivity contribution >= 4 is 16.7 Å². The minimum atomic E-state index is -0.788. The summed E-state index contributed by atoms with van der Waals surface area (Å²) in [7, 11) is 0. The third kappa shape index (κ3) is 2.91. The van der Waals surface area contributed by atoms with Gasteiger partial charge in [-0.1, -0.05) is 42.5 Å². The number of benzene rings is 2. The third-order valence-electron chi connectivity index (χ3n) is 3.34. The van der Waals surface area contributed by atoms with Crippen molar-refractivity contribution in [2.45, 2.75) is 6.10 Å². The van der Waals surface area contributed by atoms with Crippen LogP contribution in [-0.4, -0.2) is 29.5 Å². The number of anilines is 1. The van der Waals surface area contributed by atoms with Crippen molar-refractivity contribution in [3.63, 3.8) is 0 Å². The summed E-state index contributed by atoms with van der Waals surface area (Å²) in [6.07, 6.45) is -0.788. The monoisotopic (exact) mass is 283 g/mol. The van der Waals surface area contributed by atoms with Gasteiger partial charge in [0.25, 0.3) is 0 Å². The summed E-state index contributed by atoms with van der Waals surface area (Å²) in [6, 6.07) is 17.7. The Labute approximate surface area is 122 Å². The summed E-state index contributed by atoms with van der Waals surface area (Å²) in [6.45, 7) is 0.00732. The second-order valence-electron chi connectivity index (χ2n) is 4.92. The van der Waals surface area contributed by atoms with E-state index in [-0.39, 0.29) is 13.2 Å². The minimum Gasteiger partial charge on any atom is -0.454 e. The van der Waals surface area contributed by atoms with Gasteiger partial charge in [0.05, 0.1) is 18.4 Å². The Morgan fingerprint density at radius 3 is 2.62 bits per heavy atom. The van der Waals surface area contributed by atoms with Crippen LogP contribution < -0.4 is 5.32 Å². The Balaban J connectivity index is 1.94. The molecule has 0 aliphatic rings. The van der Waals surface area contributed by atoms with Crippen LogP contribution in [0.5, 0.6) is 0 Å². The number of aliphatic hydroxyl groups is 2. The standard InChI is InChI=1S/C17H17NO3/c19-11-14(20)10-18-15-8-4-7-13-9-16(21-17(13)15)12-5-2-1-3-6-12/h1-9,14,18-20H,10-11H2. The average Bonchev–Trinajstić information content (AvgIpc) is 2.98. The van der Waals surface area contributed by atoms with Crippen LogP contribution in [0.25, 0.3) is 22.3 Å². The Morgan fingerprint density at radius 2 is 1.86 bits per heavy atom. The van der Waals surface area contributed by atoms with Crippen LogP contribution in [0.1, 0.15) is 0 Å². The Bertz CT molecular complexity index is 721. The third-order valence-corrected chi connectivity index (χ3v) is 3.34. The first kappa shape index (κ1) is 13.7. The summed E-state index contributed by atoms with van der Waals surface area (Å²) in [5, 5.41) is 22.4. The van der Waals surface area contributed by atoms with E-state index in [0.29, 0.717) is 0 Å². The molecule has 2 aromatic carbocycles. The lowest BCUT2D eigenvalue weighted by Gasteiger charge is -2.10. The molecule has 1 atom stereocenters. The van der Waals surface area contributed by atoms with Crippen molar-refractivity contribution in [3.05, 3.63) is 54.6 Å². The second kappa shape index (κ2) is 5.99. The molecule has 0 aliphatic heterocycles. The molecule has 0 aliphatic carbocycles. The molecule has 21 heavy (non-hydrogen) atoms.